The summed E-state index contributed by atoms with van der Waals surface area (Å²) in [6.45, 7) is 0. The third-order valence-corrected chi connectivity index (χ3v) is 5.97. The number of fused-ring (bicyclic) bond motifs is 1. The fraction of sp³-hybridized carbons (Fsp3) is 0. The maximum absolute atomic E-state index is 13.5. The Morgan fingerprint density at radius 2 is 1.62 bits per heavy atom. The van der Waals surface area contributed by atoms with Crippen molar-refractivity contribution in [1.82, 2.24) is 9.55 Å². The number of para-hydroxylation sites is 1. The average molecular weight is 485 g/mol. The normalized spacial score (nSPS) is 11.4. The molecule has 1 heterocycles. The van der Waals surface area contributed by atoms with Crippen molar-refractivity contribution in [2.75, 3.05) is 5.73 Å². The minimum Gasteiger partial charge on any atom is -0.397 e. The Labute approximate surface area is 205 Å². The molecule has 0 bridgehead atoms. The van der Waals surface area contributed by atoms with Crippen molar-refractivity contribution < 1.29 is 0 Å². The van der Waals surface area contributed by atoms with Crippen LogP contribution in [-0.2, 0) is 0 Å². The number of nitrogens with two attached hydrogens (primary N) is 1. The highest BCUT2D eigenvalue weighted by Gasteiger charge is 2.15. The smallest absolute Gasteiger partial charge is 0.266 e. The quantitative estimate of drug-likeness (QED) is 0.228. The second-order valence-electron chi connectivity index (χ2n) is 7.66. The Morgan fingerprint density at radius 3 is 2.35 bits per heavy atom. The lowest BCUT2D eigenvalue weighted by Crippen LogP contribution is -2.22. The van der Waals surface area contributed by atoms with Crippen molar-refractivity contribution in [1.29, 1.82) is 0 Å². The van der Waals surface area contributed by atoms with Gasteiger partial charge < -0.3 is 5.73 Å². The fourth-order valence-electron chi connectivity index (χ4n) is 3.63. The first-order chi connectivity index (χ1) is 16.5. The van der Waals surface area contributed by atoms with Gasteiger partial charge in [0.1, 0.15) is 5.82 Å². The van der Waals surface area contributed by atoms with Crippen molar-refractivity contribution >= 4 is 51.7 Å². The third-order valence-electron chi connectivity index (χ3n) is 5.37. The van der Waals surface area contributed by atoms with Crippen LogP contribution in [0.3, 0.4) is 0 Å². The van der Waals surface area contributed by atoms with Gasteiger partial charge in [-0.1, -0.05) is 47.5 Å². The largest absolute Gasteiger partial charge is 0.397 e. The predicted octanol–water partition coefficient (Wildman–Crippen LogP) is 6.69. The summed E-state index contributed by atoms with van der Waals surface area (Å²) in [4.78, 5) is 22.8. The van der Waals surface area contributed by atoms with Crippen LogP contribution in [-0.4, -0.2) is 15.8 Å². The van der Waals surface area contributed by atoms with Gasteiger partial charge in [0.2, 0.25) is 0 Å². The van der Waals surface area contributed by atoms with Crippen LogP contribution in [0.1, 0.15) is 5.56 Å². The zero-order valence-electron chi connectivity index (χ0n) is 17.8. The Bertz CT molecular complexity index is 1590. The molecule has 0 unspecified atom stereocenters. The molecule has 166 valence electrons. The molecule has 0 atom stereocenters. The fourth-order valence-corrected chi connectivity index (χ4v) is 3.87. The van der Waals surface area contributed by atoms with Crippen molar-refractivity contribution in [3.63, 3.8) is 0 Å². The molecule has 4 aromatic carbocycles. The molecule has 0 fully saturated rings. The second kappa shape index (κ2) is 9.14. The van der Waals surface area contributed by atoms with Crippen molar-refractivity contribution in [3.8, 4) is 17.1 Å². The molecule has 0 radical (unpaired) electrons. The van der Waals surface area contributed by atoms with Crippen LogP contribution in [0.4, 0.5) is 11.4 Å². The van der Waals surface area contributed by atoms with Gasteiger partial charge in [-0.05, 0) is 72.3 Å². The van der Waals surface area contributed by atoms with E-state index in [-0.39, 0.29) is 5.56 Å². The molecular formula is C27H18Cl2N4O. The minimum absolute atomic E-state index is 0.188. The maximum atomic E-state index is 13.5. The number of aliphatic imine (C=N–C) groups is 1. The van der Waals surface area contributed by atoms with E-state index in [2.05, 4.69) is 4.99 Å². The molecule has 5 rings (SSSR count). The van der Waals surface area contributed by atoms with E-state index in [1.807, 2.05) is 66.7 Å². The second-order valence-corrected chi connectivity index (χ2v) is 8.50. The number of anilines is 1. The molecule has 0 aliphatic rings. The van der Waals surface area contributed by atoms with Crippen LogP contribution >= 0.6 is 23.2 Å². The highest BCUT2D eigenvalue weighted by atomic mass is 35.5. The summed E-state index contributed by atoms with van der Waals surface area (Å²) in [6, 6.07) is 27.3. The number of nitrogen functional groups attached to an aromatic ring is 1. The molecule has 0 saturated heterocycles. The van der Waals surface area contributed by atoms with Gasteiger partial charge in [-0.2, -0.15) is 0 Å². The third kappa shape index (κ3) is 4.31. The molecule has 0 aliphatic heterocycles. The van der Waals surface area contributed by atoms with Crippen LogP contribution in [0.2, 0.25) is 10.0 Å². The van der Waals surface area contributed by atoms with Crippen LogP contribution < -0.4 is 11.3 Å². The van der Waals surface area contributed by atoms with Gasteiger partial charge in [-0.15, -0.1) is 0 Å². The topological polar surface area (TPSA) is 73.3 Å². The molecule has 0 amide bonds. The first kappa shape index (κ1) is 21.9. The van der Waals surface area contributed by atoms with Gasteiger partial charge in [0.05, 0.1) is 33.0 Å². The van der Waals surface area contributed by atoms with Crippen LogP contribution in [0, 0.1) is 0 Å². The van der Waals surface area contributed by atoms with E-state index in [0.29, 0.717) is 38.1 Å². The molecule has 0 spiro atoms. The van der Waals surface area contributed by atoms with Crippen LogP contribution in [0.5, 0.6) is 0 Å². The number of hydrogen-bond acceptors (Lipinski definition) is 4. The zero-order valence-corrected chi connectivity index (χ0v) is 19.3. The van der Waals surface area contributed by atoms with Crippen LogP contribution in [0.15, 0.2) is 101 Å². The Kier molecular flexibility index (Phi) is 5.88. The standard InChI is InChI=1S/C27H18Cl2N4O/c28-19-9-5-17(6-10-19)16-31-20-11-7-18(8-12-20)26-32-25-4-2-1-3-22(25)27(34)33(26)21-13-14-23(29)24(30)15-21/h1-16H,30H2. The molecular weight excluding hydrogens is 467 g/mol. The lowest BCUT2D eigenvalue weighted by molar-refractivity contribution is 0.976. The van der Waals surface area contributed by atoms with Gasteiger partial charge >= 0.3 is 0 Å². The Hall–Kier alpha value is -3.93. The van der Waals surface area contributed by atoms with Crippen molar-refractivity contribution in [3.05, 3.63) is 117 Å². The number of aromatic nitrogens is 2. The molecule has 7 heteroatoms. The van der Waals surface area contributed by atoms with E-state index in [1.54, 1.807) is 35.0 Å². The van der Waals surface area contributed by atoms with E-state index < -0.39 is 0 Å². The van der Waals surface area contributed by atoms with Gasteiger partial charge in [-0.25, -0.2) is 4.98 Å². The molecule has 5 nitrogen and oxygen atoms in total. The number of hydrogen-bond donors (Lipinski definition) is 1. The van der Waals surface area contributed by atoms with E-state index in [1.165, 1.54) is 0 Å². The summed E-state index contributed by atoms with van der Waals surface area (Å²) >= 11 is 12.0. The summed E-state index contributed by atoms with van der Waals surface area (Å²) < 4.78 is 1.56. The molecule has 2 N–H and O–H groups in total. The van der Waals surface area contributed by atoms with Crippen LogP contribution in [0.25, 0.3) is 28.0 Å². The summed E-state index contributed by atoms with van der Waals surface area (Å²) in [5, 5.41) is 1.62. The van der Waals surface area contributed by atoms with Gasteiger partial charge in [0.25, 0.3) is 5.56 Å². The Morgan fingerprint density at radius 1 is 0.882 bits per heavy atom. The first-order valence-corrected chi connectivity index (χ1v) is 11.2. The monoisotopic (exact) mass is 484 g/mol. The maximum Gasteiger partial charge on any atom is 0.266 e. The van der Waals surface area contributed by atoms with Gasteiger partial charge in [0, 0.05) is 16.8 Å². The molecule has 0 saturated carbocycles. The first-order valence-electron chi connectivity index (χ1n) is 10.5. The summed E-state index contributed by atoms with van der Waals surface area (Å²) in [7, 11) is 0. The highest BCUT2D eigenvalue weighted by Crippen LogP contribution is 2.27. The average Bonchev–Trinajstić information content (AvgIpc) is 2.86. The zero-order chi connectivity index (χ0) is 23.7. The number of nitrogens with zero attached hydrogens (tertiary/aromatic N) is 3. The summed E-state index contributed by atoms with van der Waals surface area (Å²) in [6.07, 6.45) is 1.77. The number of halogens is 2. The minimum atomic E-state index is -0.188. The van der Waals surface area contributed by atoms with E-state index in [0.717, 1.165) is 16.8 Å². The Balaban J connectivity index is 1.60. The number of benzene rings is 4. The lowest BCUT2D eigenvalue weighted by Gasteiger charge is -2.15. The van der Waals surface area contributed by atoms with Crippen molar-refractivity contribution in [2.24, 2.45) is 4.99 Å². The van der Waals surface area contributed by atoms with E-state index in [9.17, 15) is 4.79 Å². The van der Waals surface area contributed by atoms with Gasteiger partial charge in [-0.3, -0.25) is 14.4 Å². The van der Waals surface area contributed by atoms with E-state index in [4.69, 9.17) is 33.9 Å². The van der Waals surface area contributed by atoms with E-state index >= 15 is 0 Å². The molecule has 5 aromatic rings. The van der Waals surface area contributed by atoms with Crippen molar-refractivity contribution in [2.45, 2.75) is 0 Å². The molecule has 1 aromatic heterocycles. The summed E-state index contributed by atoms with van der Waals surface area (Å²) in [5.74, 6) is 0.499. The molecule has 34 heavy (non-hydrogen) atoms. The molecule has 0 aliphatic carbocycles. The predicted molar refractivity (Wildman–Crippen MR) is 141 cm³/mol. The number of rotatable bonds is 4. The lowest BCUT2D eigenvalue weighted by atomic mass is 10.1. The highest BCUT2D eigenvalue weighted by molar-refractivity contribution is 6.33. The SMILES string of the molecule is Nc1cc(-n2c(-c3ccc(N=Cc4ccc(Cl)cc4)cc3)nc3ccccc3c2=O)ccc1Cl. The van der Waals surface area contributed by atoms with Gasteiger partial charge in [0.15, 0.2) is 0 Å². The summed E-state index contributed by atoms with van der Waals surface area (Å²) in [5.41, 5.74) is 9.91.